The van der Waals surface area contributed by atoms with Gasteiger partial charge in [0.25, 0.3) is 0 Å². The summed E-state index contributed by atoms with van der Waals surface area (Å²) in [5.74, 6) is 1.52. The second-order valence-corrected chi connectivity index (χ2v) is 6.98. The van der Waals surface area contributed by atoms with Crippen LogP contribution >= 0.6 is 0 Å². The third-order valence-electron chi connectivity index (χ3n) is 5.09. The fourth-order valence-electron chi connectivity index (χ4n) is 3.70. The van der Waals surface area contributed by atoms with E-state index in [-0.39, 0.29) is 11.8 Å². The van der Waals surface area contributed by atoms with Crippen LogP contribution in [0.2, 0.25) is 0 Å². The predicted molar refractivity (Wildman–Crippen MR) is 102 cm³/mol. The first-order chi connectivity index (χ1) is 13.3. The predicted octanol–water partition coefficient (Wildman–Crippen LogP) is 2.67. The summed E-state index contributed by atoms with van der Waals surface area (Å²) in [5.41, 5.74) is 2.21. The zero-order valence-electron chi connectivity index (χ0n) is 15.2. The number of pyridine rings is 2. The van der Waals surface area contributed by atoms with E-state index in [2.05, 4.69) is 19.5 Å². The van der Waals surface area contributed by atoms with Crippen molar-refractivity contribution in [3.63, 3.8) is 0 Å². The molecule has 4 rings (SSSR count). The zero-order valence-corrected chi connectivity index (χ0v) is 15.2. The van der Waals surface area contributed by atoms with Gasteiger partial charge in [-0.1, -0.05) is 0 Å². The van der Waals surface area contributed by atoms with Crippen LogP contribution in [-0.2, 0) is 17.8 Å². The molecule has 1 aliphatic rings. The zero-order chi connectivity index (χ0) is 18.5. The second kappa shape index (κ2) is 8.12. The summed E-state index contributed by atoms with van der Waals surface area (Å²) in [6, 6.07) is 7.85. The normalized spacial score (nSPS) is 17.0. The lowest BCUT2D eigenvalue weighted by molar-refractivity contribution is -0.131. The van der Waals surface area contributed by atoms with Crippen molar-refractivity contribution in [3.8, 4) is 0 Å². The summed E-state index contributed by atoms with van der Waals surface area (Å²) < 4.78 is 2.19. The van der Waals surface area contributed by atoms with Crippen LogP contribution in [0.5, 0.6) is 0 Å². The monoisotopic (exact) mass is 361 g/mol. The Hall–Kier alpha value is -3.02. The van der Waals surface area contributed by atoms with Crippen molar-refractivity contribution < 1.29 is 4.79 Å². The Morgan fingerprint density at radius 2 is 1.70 bits per heavy atom. The quantitative estimate of drug-likeness (QED) is 0.701. The molecule has 6 heteroatoms. The Balaban J connectivity index is 1.44. The molecule has 3 aromatic rings. The number of aromatic nitrogens is 4. The maximum Gasteiger partial charge on any atom is 0.227 e. The first-order valence-corrected chi connectivity index (χ1v) is 9.36. The van der Waals surface area contributed by atoms with Gasteiger partial charge >= 0.3 is 0 Å². The van der Waals surface area contributed by atoms with Crippen LogP contribution in [-0.4, -0.2) is 43.4 Å². The highest BCUT2D eigenvalue weighted by molar-refractivity contribution is 5.78. The summed E-state index contributed by atoms with van der Waals surface area (Å²) in [7, 11) is 0. The Labute approximate surface area is 158 Å². The molecule has 3 aromatic heterocycles. The average molecular weight is 361 g/mol. The van der Waals surface area contributed by atoms with Gasteiger partial charge in [-0.25, -0.2) is 4.98 Å². The van der Waals surface area contributed by atoms with Crippen molar-refractivity contribution in [2.24, 2.45) is 0 Å². The average Bonchev–Trinajstić information content (AvgIpc) is 3.18. The largest absolute Gasteiger partial charge is 0.342 e. The Bertz CT molecular complexity index is 878. The van der Waals surface area contributed by atoms with E-state index >= 15 is 0 Å². The van der Waals surface area contributed by atoms with Crippen LogP contribution in [0.25, 0.3) is 0 Å². The van der Waals surface area contributed by atoms with Crippen LogP contribution in [0.1, 0.15) is 35.7 Å². The molecule has 0 spiro atoms. The van der Waals surface area contributed by atoms with E-state index < -0.39 is 0 Å². The van der Waals surface area contributed by atoms with E-state index in [1.54, 1.807) is 12.4 Å². The first kappa shape index (κ1) is 17.4. The van der Waals surface area contributed by atoms with E-state index in [0.717, 1.165) is 43.9 Å². The van der Waals surface area contributed by atoms with Crippen LogP contribution in [0, 0.1) is 0 Å². The van der Waals surface area contributed by atoms with E-state index in [1.165, 1.54) is 5.56 Å². The topological polar surface area (TPSA) is 63.9 Å². The van der Waals surface area contributed by atoms with Crippen molar-refractivity contribution in [1.29, 1.82) is 0 Å². The molecule has 138 valence electrons. The van der Waals surface area contributed by atoms with Crippen molar-refractivity contribution in [3.05, 3.63) is 78.4 Å². The van der Waals surface area contributed by atoms with Gasteiger partial charge in [0.1, 0.15) is 5.82 Å². The molecule has 1 amide bonds. The first-order valence-electron chi connectivity index (χ1n) is 9.36. The SMILES string of the molecule is O=C(Cc1ccncc1)N1CCCC(c2nccn2Cc2ccncc2)C1. The summed E-state index contributed by atoms with van der Waals surface area (Å²) in [6.45, 7) is 2.34. The summed E-state index contributed by atoms with van der Waals surface area (Å²) >= 11 is 0. The van der Waals surface area contributed by atoms with E-state index in [9.17, 15) is 4.79 Å². The molecule has 1 fully saturated rings. The maximum atomic E-state index is 12.7. The van der Waals surface area contributed by atoms with E-state index in [4.69, 9.17) is 0 Å². The van der Waals surface area contributed by atoms with Crippen LogP contribution in [0.3, 0.4) is 0 Å². The van der Waals surface area contributed by atoms with Crippen LogP contribution in [0.15, 0.2) is 61.4 Å². The number of carbonyl (C=O) groups is 1. The summed E-state index contributed by atoms with van der Waals surface area (Å²) in [6.07, 6.45) is 13.5. The molecule has 0 bridgehead atoms. The van der Waals surface area contributed by atoms with Gasteiger partial charge in [-0.3, -0.25) is 14.8 Å². The number of amides is 1. The molecule has 1 atom stereocenters. The molecular formula is C21H23N5O. The standard InChI is InChI=1S/C21H23N5O/c27-20(14-17-3-7-22-8-4-17)25-12-1-2-19(16-25)21-24-11-13-26(21)15-18-5-9-23-10-6-18/h3-11,13,19H,1-2,12,14-16H2. The molecule has 0 N–H and O–H groups in total. The lowest BCUT2D eigenvalue weighted by Crippen LogP contribution is -2.40. The molecule has 0 aliphatic carbocycles. The molecule has 6 nitrogen and oxygen atoms in total. The molecule has 0 radical (unpaired) electrons. The fourth-order valence-corrected chi connectivity index (χ4v) is 3.70. The van der Waals surface area contributed by atoms with Crippen molar-refractivity contribution in [2.45, 2.75) is 31.7 Å². The van der Waals surface area contributed by atoms with Gasteiger partial charge in [-0.2, -0.15) is 0 Å². The molecule has 4 heterocycles. The van der Waals surface area contributed by atoms with Gasteiger partial charge in [0.15, 0.2) is 0 Å². The van der Waals surface area contributed by atoms with Gasteiger partial charge < -0.3 is 9.47 Å². The minimum absolute atomic E-state index is 0.179. The lowest BCUT2D eigenvalue weighted by Gasteiger charge is -2.33. The van der Waals surface area contributed by atoms with Gasteiger partial charge in [-0.15, -0.1) is 0 Å². The van der Waals surface area contributed by atoms with E-state index in [1.807, 2.05) is 54.0 Å². The molecule has 27 heavy (non-hydrogen) atoms. The maximum absolute atomic E-state index is 12.7. The molecule has 0 saturated carbocycles. The van der Waals surface area contributed by atoms with Crippen molar-refractivity contribution >= 4 is 5.91 Å². The third-order valence-corrected chi connectivity index (χ3v) is 5.09. The number of carbonyl (C=O) groups excluding carboxylic acids is 1. The Morgan fingerprint density at radius 1 is 1.00 bits per heavy atom. The van der Waals surface area contributed by atoms with Gasteiger partial charge in [0.2, 0.25) is 5.91 Å². The van der Waals surface area contributed by atoms with Crippen molar-refractivity contribution in [1.82, 2.24) is 24.4 Å². The fraction of sp³-hybridized carbons (Fsp3) is 0.333. The highest BCUT2D eigenvalue weighted by Gasteiger charge is 2.27. The number of imidazole rings is 1. The van der Waals surface area contributed by atoms with Gasteiger partial charge in [0.05, 0.1) is 6.42 Å². The molecule has 1 unspecified atom stereocenters. The van der Waals surface area contributed by atoms with Crippen LogP contribution < -0.4 is 0 Å². The summed E-state index contributed by atoms with van der Waals surface area (Å²) in [5, 5.41) is 0. The second-order valence-electron chi connectivity index (χ2n) is 6.98. The molecule has 1 saturated heterocycles. The number of hydrogen-bond acceptors (Lipinski definition) is 4. The minimum atomic E-state index is 0.179. The van der Waals surface area contributed by atoms with Gasteiger partial charge in [0, 0.05) is 62.7 Å². The minimum Gasteiger partial charge on any atom is -0.342 e. The Morgan fingerprint density at radius 3 is 2.44 bits per heavy atom. The number of nitrogens with zero attached hydrogens (tertiary/aromatic N) is 5. The number of piperidine rings is 1. The van der Waals surface area contributed by atoms with Crippen LogP contribution in [0.4, 0.5) is 0 Å². The number of rotatable bonds is 5. The Kier molecular flexibility index (Phi) is 5.23. The highest BCUT2D eigenvalue weighted by atomic mass is 16.2. The smallest absolute Gasteiger partial charge is 0.227 e. The molecule has 1 aliphatic heterocycles. The lowest BCUT2D eigenvalue weighted by atomic mass is 9.96. The third kappa shape index (κ3) is 4.22. The van der Waals surface area contributed by atoms with Gasteiger partial charge in [-0.05, 0) is 48.2 Å². The highest BCUT2D eigenvalue weighted by Crippen LogP contribution is 2.26. The number of likely N-dealkylation sites (tertiary alicyclic amines) is 1. The number of hydrogen-bond donors (Lipinski definition) is 0. The van der Waals surface area contributed by atoms with E-state index in [0.29, 0.717) is 6.42 Å². The molecular weight excluding hydrogens is 338 g/mol. The van der Waals surface area contributed by atoms with Crippen molar-refractivity contribution in [2.75, 3.05) is 13.1 Å². The molecule has 0 aromatic carbocycles. The summed E-state index contributed by atoms with van der Waals surface area (Å²) in [4.78, 5) is 27.4.